The summed E-state index contributed by atoms with van der Waals surface area (Å²) in [5.74, 6) is 0.618. The fourth-order valence-corrected chi connectivity index (χ4v) is 7.33. The predicted molar refractivity (Wildman–Crippen MR) is 178 cm³/mol. The topological polar surface area (TPSA) is 66.2 Å². The number of aromatic nitrogens is 2. The molecule has 6 aromatic carbocycles. The molecule has 0 unspecified atom stereocenters. The Bertz CT molecular complexity index is 2110. The van der Waals surface area contributed by atoms with Gasteiger partial charge in [-0.1, -0.05) is 72.8 Å². The maximum absolute atomic E-state index is 10.5. The monoisotopic (exact) mass is 646 g/mol. The van der Waals surface area contributed by atoms with Crippen LogP contribution < -0.4 is 0 Å². The summed E-state index contributed by atoms with van der Waals surface area (Å²) in [5, 5.41) is 26.6. The summed E-state index contributed by atoms with van der Waals surface area (Å²) in [6, 6.07) is 36.1. The molecule has 0 bridgehead atoms. The van der Waals surface area contributed by atoms with E-state index in [1.54, 1.807) is 22.7 Å². The first-order chi connectivity index (χ1) is 20.4. The summed E-state index contributed by atoms with van der Waals surface area (Å²) < 4.78 is 2.30. The molecule has 0 amide bonds. The van der Waals surface area contributed by atoms with Crippen LogP contribution in [0.15, 0.2) is 109 Å². The Hall–Kier alpha value is -4.16. The van der Waals surface area contributed by atoms with Gasteiger partial charge in [0.15, 0.2) is 0 Å². The Labute approximate surface area is 269 Å². The van der Waals surface area contributed by atoms with Crippen molar-refractivity contribution in [2.24, 2.45) is 0 Å². The quantitative estimate of drug-likeness (QED) is 0.183. The van der Waals surface area contributed by atoms with E-state index in [2.05, 4.69) is 48.1 Å². The molecule has 0 aliphatic rings. The standard InChI is InChI=1S/2C18H13NOS.Zn/c2*1-11-6-9-15-16(10-11)21-18(19-15)14-8-7-12-4-2-3-5-13(12)17(14)20;/h2*2-10,20H,1H3;. The number of hydrogen-bond donors (Lipinski definition) is 2. The van der Waals surface area contributed by atoms with E-state index < -0.39 is 0 Å². The molecule has 0 radical (unpaired) electrons. The van der Waals surface area contributed by atoms with Crippen molar-refractivity contribution in [2.75, 3.05) is 0 Å². The van der Waals surface area contributed by atoms with Gasteiger partial charge in [-0.05, 0) is 72.1 Å². The van der Waals surface area contributed by atoms with Crippen molar-refractivity contribution in [1.29, 1.82) is 0 Å². The van der Waals surface area contributed by atoms with E-state index in [0.29, 0.717) is 11.5 Å². The number of hydrogen-bond acceptors (Lipinski definition) is 6. The summed E-state index contributed by atoms with van der Waals surface area (Å²) in [6.07, 6.45) is 0. The molecule has 8 rings (SSSR count). The maximum Gasteiger partial charge on any atom is 0.133 e. The minimum atomic E-state index is 0. The zero-order valence-corrected chi connectivity index (χ0v) is 28.3. The van der Waals surface area contributed by atoms with Gasteiger partial charge in [0.1, 0.15) is 21.5 Å². The van der Waals surface area contributed by atoms with Gasteiger partial charge in [0, 0.05) is 30.3 Å². The summed E-state index contributed by atoms with van der Waals surface area (Å²) in [5.41, 5.74) is 6.00. The Morgan fingerprint density at radius 2 is 0.930 bits per heavy atom. The number of aryl methyl sites for hydroxylation is 2. The Balaban J connectivity index is 0.000000150. The molecule has 0 spiro atoms. The van der Waals surface area contributed by atoms with Crippen molar-refractivity contribution < 1.29 is 29.7 Å². The molecule has 8 aromatic rings. The Kier molecular flexibility index (Phi) is 7.97. The van der Waals surface area contributed by atoms with E-state index in [0.717, 1.165) is 63.1 Å². The molecular weight excluding hydrogens is 622 g/mol. The third-order valence-electron chi connectivity index (χ3n) is 7.35. The number of phenols is 2. The van der Waals surface area contributed by atoms with Gasteiger partial charge < -0.3 is 10.2 Å². The molecule has 0 aliphatic heterocycles. The van der Waals surface area contributed by atoms with Crippen LogP contribution in [0, 0.1) is 13.8 Å². The van der Waals surface area contributed by atoms with Crippen LogP contribution in [0.3, 0.4) is 0 Å². The molecule has 0 fully saturated rings. The van der Waals surface area contributed by atoms with Crippen molar-refractivity contribution in [1.82, 2.24) is 9.97 Å². The predicted octanol–water partition coefficient (Wildman–Crippen LogP) is 10.3. The van der Waals surface area contributed by atoms with Crippen LogP contribution in [0.5, 0.6) is 11.5 Å². The summed E-state index contributed by atoms with van der Waals surface area (Å²) in [6.45, 7) is 4.15. The number of benzene rings is 6. The van der Waals surface area contributed by atoms with Crippen LogP contribution in [0.25, 0.3) is 63.1 Å². The molecule has 0 aliphatic carbocycles. The van der Waals surface area contributed by atoms with Crippen molar-refractivity contribution in [2.45, 2.75) is 13.8 Å². The normalized spacial score (nSPS) is 11.0. The van der Waals surface area contributed by atoms with E-state index in [9.17, 15) is 10.2 Å². The third kappa shape index (κ3) is 5.52. The van der Waals surface area contributed by atoms with Crippen LogP contribution in [0.1, 0.15) is 11.1 Å². The van der Waals surface area contributed by atoms with Crippen LogP contribution in [0.4, 0.5) is 0 Å². The van der Waals surface area contributed by atoms with Crippen LogP contribution in [-0.4, -0.2) is 20.2 Å². The fourth-order valence-electron chi connectivity index (χ4n) is 5.15. The summed E-state index contributed by atoms with van der Waals surface area (Å²) >= 11 is 3.23. The zero-order chi connectivity index (χ0) is 28.8. The summed E-state index contributed by atoms with van der Waals surface area (Å²) in [7, 11) is 0. The molecule has 206 valence electrons. The van der Waals surface area contributed by atoms with E-state index in [1.165, 1.54) is 11.1 Å². The van der Waals surface area contributed by atoms with Crippen molar-refractivity contribution in [3.8, 4) is 32.6 Å². The largest absolute Gasteiger partial charge is 0.507 e. The first kappa shape index (κ1) is 28.9. The molecule has 0 saturated carbocycles. The van der Waals surface area contributed by atoms with Crippen molar-refractivity contribution in [3.63, 3.8) is 0 Å². The van der Waals surface area contributed by atoms with Crippen LogP contribution in [0.2, 0.25) is 0 Å². The molecule has 43 heavy (non-hydrogen) atoms. The Morgan fingerprint density at radius 3 is 1.37 bits per heavy atom. The average Bonchev–Trinajstić information content (AvgIpc) is 3.61. The number of phenolic OH excluding ortho intramolecular Hbond substituents is 2. The van der Waals surface area contributed by atoms with Crippen molar-refractivity contribution >= 4 is 64.7 Å². The molecular formula is C36H26N2O2S2Zn. The number of fused-ring (bicyclic) bond motifs is 4. The van der Waals surface area contributed by atoms with Crippen molar-refractivity contribution in [3.05, 3.63) is 120 Å². The molecule has 7 heteroatoms. The smallest absolute Gasteiger partial charge is 0.133 e. The van der Waals surface area contributed by atoms with Gasteiger partial charge in [-0.25, -0.2) is 9.97 Å². The molecule has 2 aromatic heterocycles. The number of rotatable bonds is 2. The maximum atomic E-state index is 10.5. The first-order valence-corrected chi connectivity index (χ1v) is 15.2. The second-order valence-corrected chi connectivity index (χ2v) is 12.4. The molecule has 0 saturated heterocycles. The SMILES string of the molecule is Cc1ccc2nc(-c3ccc4ccccc4c3O)sc2c1.Cc1ccc2nc(-c3ccc4ccccc4c3O)sc2c1.[Zn]. The number of thiazole rings is 2. The average molecular weight is 648 g/mol. The van der Waals surface area contributed by atoms with Gasteiger partial charge in [-0.3, -0.25) is 0 Å². The van der Waals surface area contributed by atoms with Gasteiger partial charge in [0.2, 0.25) is 0 Å². The summed E-state index contributed by atoms with van der Waals surface area (Å²) in [4.78, 5) is 9.30. The second kappa shape index (κ2) is 11.8. The molecule has 2 N–H and O–H groups in total. The Morgan fingerprint density at radius 1 is 0.512 bits per heavy atom. The molecule has 2 heterocycles. The minimum Gasteiger partial charge on any atom is -0.507 e. The van der Waals surface area contributed by atoms with Gasteiger partial charge in [0.05, 0.1) is 31.6 Å². The third-order valence-corrected chi connectivity index (χ3v) is 9.45. The molecule has 0 atom stereocenters. The molecule has 4 nitrogen and oxygen atoms in total. The van der Waals surface area contributed by atoms with Crippen LogP contribution >= 0.6 is 22.7 Å². The second-order valence-electron chi connectivity index (χ2n) is 10.3. The zero-order valence-electron chi connectivity index (χ0n) is 23.7. The van der Waals surface area contributed by atoms with Gasteiger partial charge >= 0.3 is 0 Å². The van der Waals surface area contributed by atoms with E-state index in [4.69, 9.17) is 0 Å². The number of nitrogens with zero attached hydrogens (tertiary/aromatic N) is 2. The van der Waals surface area contributed by atoms with E-state index in [1.807, 2.05) is 84.9 Å². The van der Waals surface area contributed by atoms with Gasteiger partial charge in [-0.15, -0.1) is 22.7 Å². The fraction of sp³-hybridized carbons (Fsp3) is 0.0556. The van der Waals surface area contributed by atoms with Crippen LogP contribution in [-0.2, 0) is 19.5 Å². The van der Waals surface area contributed by atoms with Gasteiger partial charge in [0.25, 0.3) is 0 Å². The first-order valence-electron chi connectivity index (χ1n) is 13.6. The van der Waals surface area contributed by atoms with E-state index >= 15 is 0 Å². The number of aromatic hydroxyl groups is 2. The van der Waals surface area contributed by atoms with E-state index in [-0.39, 0.29) is 19.5 Å². The van der Waals surface area contributed by atoms with Gasteiger partial charge in [-0.2, -0.15) is 0 Å². The minimum absolute atomic E-state index is 0.